The molecule has 0 unspecified atom stereocenters. The Morgan fingerprint density at radius 3 is 2.71 bits per heavy atom. The Kier molecular flexibility index (Phi) is 4.50. The van der Waals surface area contributed by atoms with Gasteiger partial charge in [-0.05, 0) is 25.0 Å². The minimum atomic E-state index is -1.07. The molecule has 7 heteroatoms. The summed E-state index contributed by atoms with van der Waals surface area (Å²) in [6, 6.07) is 9.31. The van der Waals surface area contributed by atoms with Gasteiger partial charge in [-0.3, -0.25) is 4.68 Å². The van der Waals surface area contributed by atoms with Crippen molar-refractivity contribution < 1.29 is 19.4 Å². The lowest BCUT2D eigenvalue weighted by molar-refractivity contribution is 0.0689. The number of carboxylic acid groups (broad SMARTS) is 1. The lowest BCUT2D eigenvalue weighted by Crippen LogP contribution is -2.31. The van der Waals surface area contributed by atoms with E-state index in [1.54, 1.807) is 9.58 Å². The molecule has 0 fully saturated rings. The number of aromatic carboxylic acids is 1. The van der Waals surface area contributed by atoms with Gasteiger partial charge in [-0.2, -0.15) is 5.10 Å². The third-order valence-electron chi connectivity index (χ3n) is 3.97. The summed E-state index contributed by atoms with van der Waals surface area (Å²) in [6.45, 7) is 3.66. The van der Waals surface area contributed by atoms with Crippen LogP contribution in [0.4, 0.5) is 4.79 Å². The Hall–Kier alpha value is -2.83. The van der Waals surface area contributed by atoms with Gasteiger partial charge in [-0.25, -0.2) is 9.59 Å². The highest BCUT2D eigenvalue weighted by Gasteiger charge is 2.23. The van der Waals surface area contributed by atoms with Crippen LogP contribution >= 0.6 is 0 Å². The van der Waals surface area contributed by atoms with Gasteiger partial charge in [0.25, 0.3) is 0 Å². The van der Waals surface area contributed by atoms with Gasteiger partial charge in [-0.1, -0.05) is 29.8 Å². The SMILES string of the molecule is Cc1ccc(COC(=O)N2CCCn3nc(C(=O)O)cc3C2)cc1. The quantitative estimate of drug-likeness (QED) is 0.935. The van der Waals surface area contributed by atoms with E-state index in [-0.39, 0.29) is 12.3 Å². The van der Waals surface area contributed by atoms with Gasteiger partial charge in [0.1, 0.15) is 6.61 Å². The number of carbonyl (C=O) groups is 2. The van der Waals surface area contributed by atoms with Crippen LogP contribution in [0.5, 0.6) is 0 Å². The molecule has 2 aromatic rings. The first-order chi connectivity index (χ1) is 11.5. The van der Waals surface area contributed by atoms with Crippen LogP contribution in [0.2, 0.25) is 0 Å². The Morgan fingerprint density at radius 2 is 2.00 bits per heavy atom. The Balaban J connectivity index is 1.64. The largest absolute Gasteiger partial charge is 0.476 e. The van der Waals surface area contributed by atoms with Crippen molar-refractivity contribution in [3.05, 3.63) is 52.8 Å². The number of fused-ring (bicyclic) bond motifs is 1. The van der Waals surface area contributed by atoms with E-state index in [0.29, 0.717) is 31.7 Å². The van der Waals surface area contributed by atoms with Crippen LogP contribution in [0.25, 0.3) is 0 Å². The summed E-state index contributed by atoms with van der Waals surface area (Å²) in [7, 11) is 0. The van der Waals surface area contributed by atoms with Gasteiger partial charge in [0.2, 0.25) is 0 Å². The Bertz CT molecular complexity index is 752. The summed E-state index contributed by atoms with van der Waals surface area (Å²) in [5, 5.41) is 13.1. The Morgan fingerprint density at radius 1 is 1.25 bits per heavy atom. The molecule has 1 aliphatic rings. The number of nitrogens with zero attached hydrogens (tertiary/aromatic N) is 3. The second-order valence-electron chi connectivity index (χ2n) is 5.86. The molecule has 0 aliphatic carbocycles. The highest BCUT2D eigenvalue weighted by Crippen LogP contribution is 2.15. The van der Waals surface area contributed by atoms with Crippen LogP contribution in [-0.2, 0) is 24.4 Å². The van der Waals surface area contributed by atoms with Gasteiger partial charge in [0.15, 0.2) is 5.69 Å². The fourth-order valence-electron chi connectivity index (χ4n) is 2.64. The number of hydrogen-bond donors (Lipinski definition) is 1. The van der Waals surface area contributed by atoms with Crippen molar-refractivity contribution in [2.45, 2.75) is 33.0 Å². The summed E-state index contributed by atoms with van der Waals surface area (Å²) in [4.78, 5) is 24.9. The number of aromatic nitrogens is 2. The molecule has 3 rings (SSSR count). The first kappa shape index (κ1) is 16.0. The molecule has 1 aromatic carbocycles. The van der Waals surface area contributed by atoms with Crippen molar-refractivity contribution in [1.29, 1.82) is 0 Å². The molecule has 0 spiro atoms. The molecule has 126 valence electrons. The normalized spacial score (nSPS) is 14.0. The van der Waals surface area contributed by atoms with Crippen molar-refractivity contribution in [1.82, 2.24) is 14.7 Å². The minimum absolute atomic E-state index is 0.000118. The fraction of sp³-hybridized carbons (Fsp3) is 0.353. The maximum atomic E-state index is 12.3. The number of hydrogen-bond acceptors (Lipinski definition) is 4. The number of ether oxygens (including phenoxy) is 1. The number of carbonyl (C=O) groups excluding carboxylic acids is 1. The summed E-state index contributed by atoms with van der Waals surface area (Å²) in [5.74, 6) is -1.07. The fourth-order valence-corrected chi connectivity index (χ4v) is 2.64. The standard InChI is InChI=1S/C17H19N3O4/c1-12-3-5-13(6-4-12)11-24-17(23)19-7-2-8-20-14(10-19)9-15(18-20)16(21)22/h3-6,9H,2,7-8,10-11H2,1H3,(H,21,22). The topological polar surface area (TPSA) is 84.7 Å². The maximum absolute atomic E-state index is 12.3. The first-order valence-corrected chi connectivity index (χ1v) is 7.80. The molecule has 1 amide bonds. The third-order valence-corrected chi connectivity index (χ3v) is 3.97. The molecule has 7 nitrogen and oxygen atoms in total. The van der Waals surface area contributed by atoms with Crippen molar-refractivity contribution in [3.63, 3.8) is 0 Å². The zero-order valence-corrected chi connectivity index (χ0v) is 13.4. The van der Waals surface area contributed by atoms with Gasteiger partial charge < -0.3 is 14.7 Å². The van der Waals surface area contributed by atoms with Crippen LogP contribution < -0.4 is 0 Å². The van der Waals surface area contributed by atoms with Crippen LogP contribution in [0.1, 0.15) is 33.7 Å². The molecule has 24 heavy (non-hydrogen) atoms. The van der Waals surface area contributed by atoms with E-state index in [1.807, 2.05) is 31.2 Å². The van der Waals surface area contributed by atoms with Gasteiger partial charge in [-0.15, -0.1) is 0 Å². The van der Waals surface area contributed by atoms with E-state index in [1.165, 1.54) is 6.07 Å². The summed E-state index contributed by atoms with van der Waals surface area (Å²) >= 11 is 0. The average molecular weight is 329 g/mol. The molecule has 0 saturated carbocycles. The highest BCUT2D eigenvalue weighted by atomic mass is 16.6. The number of rotatable bonds is 3. The van der Waals surface area contributed by atoms with Crippen molar-refractivity contribution in [2.24, 2.45) is 0 Å². The molecule has 0 atom stereocenters. The molecular formula is C17H19N3O4. The van der Waals surface area contributed by atoms with Crippen molar-refractivity contribution >= 4 is 12.1 Å². The lowest BCUT2D eigenvalue weighted by atomic mass is 10.2. The molecule has 0 bridgehead atoms. The summed E-state index contributed by atoms with van der Waals surface area (Å²) in [6.07, 6.45) is 0.301. The molecule has 2 heterocycles. The lowest BCUT2D eigenvalue weighted by Gasteiger charge is -2.19. The zero-order chi connectivity index (χ0) is 17.1. The zero-order valence-electron chi connectivity index (χ0n) is 13.4. The second-order valence-corrected chi connectivity index (χ2v) is 5.86. The minimum Gasteiger partial charge on any atom is -0.476 e. The molecule has 1 aliphatic heterocycles. The number of aryl methyl sites for hydroxylation is 2. The van der Waals surface area contributed by atoms with E-state index in [2.05, 4.69) is 5.10 Å². The maximum Gasteiger partial charge on any atom is 0.410 e. The summed E-state index contributed by atoms with van der Waals surface area (Å²) in [5.41, 5.74) is 2.79. The Labute approximate surface area is 139 Å². The third kappa shape index (κ3) is 3.56. The van der Waals surface area contributed by atoms with E-state index in [0.717, 1.165) is 11.1 Å². The number of amides is 1. The van der Waals surface area contributed by atoms with Gasteiger partial charge >= 0.3 is 12.1 Å². The predicted octanol–water partition coefficient (Wildman–Crippen LogP) is 2.43. The summed E-state index contributed by atoms with van der Waals surface area (Å²) < 4.78 is 7.02. The second kappa shape index (κ2) is 6.74. The first-order valence-electron chi connectivity index (χ1n) is 7.80. The van der Waals surface area contributed by atoms with Gasteiger partial charge in [0.05, 0.1) is 12.2 Å². The average Bonchev–Trinajstić information content (AvgIpc) is 2.86. The van der Waals surface area contributed by atoms with Crippen molar-refractivity contribution in [3.8, 4) is 0 Å². The number of benzene rings is 1. The van der Waals surface area contributed by atoms with Crippen LogP contribution in [0.3, 0.4) is 0 Å². The van der Waals surface area contributed by atoms with E-state index in [9.17, 15) is 9.59 Å². The van der Waals surface area contributed by atoms with Gasteiger partial charge in [0, 0.05) is 13.1 Å². The van der Waals surface area contributed by atoms with Crippen molar-refractivity contribution in [2.75, 3.05) is 6.54 Å². The molecule has 1 aromatic heterocycles. The predicted molar refractivity (Wildman–Crippen MR) is 85.6 cm³/mol. The monoisotopic (exact) mass is 329 g/mol. The van der Waals surface area contributed by atoms with Crippen LogP contribution in [0, 0.1) is 6.92 Å². The van der Waals surface area contributed by atoms with E-state index in [4.69, 9.17) is 9.84 Å². The molecular weight excluding hydrogens is 310 g/mol. The van der Waals surface area contributed by atoms with Crippen LogP contribution in [0.15, 0.2) is 30.3 Å². The highest BCUT2D eigenvalue weighted by molar-refractivity contribution is 5.85. The van der Waals surface area contributed by atoms with E-state index < -0.39 is 12.1 Å². The molecule has 0 saturated heterocycles. The van der Waals surface area contributed by atoms with E-state index >= 15 is 0 Å². The molecule has 1 N–H and O–H groups in total. The smallest absolute Gasteiger partial charge is 0.410 e. The van der Waals surface area contributed by atoms with Crippen LogP contribution in [-0.4, -0.2) is 38.4 Å². The molecule has 0 radical (unpaired) electrons. The number of carboxylic acids is 1.